The van der Waals surface area contributed by atoms with E-state index >= 15 is 0 Å². The minimum absolute atomic E-state index is 0.285. The Hall–Kier alpha value is -0.960. The smallest absolute Gasteiger partial charge is 0.267 e. The molecular formula is C42H83NO6S. The highest BCUT2D eigenvalue weighted by Crippen LogP contribution is 2.16. The van der Waals surface area contributed by atoms with Gasteiger partial charge in [0.25, 0.3) is 10.1 Å². The van der Waals surface area contributed by atoms with E-state index in [9.17, 15) is 28.0 Å². The van der Waals surface area contributed by atoms with E-state index in [0.717, 1.165) is 38.5 Å². The average molecular weight is 730 g/mol. The lowest BCUT2D eigenvalue weighted by Crippen LogP contribution is -2.50. The summed E-state index contributed by atoms with van der Waals surface area (Å²) in [6, 6.07) is -1.23. The quantitative estimate of drug-likeness (QED) is 0.0284. The van der Waals surface area contributed by atoms with Crippen LogP contribution in [0.3, 0.4) is 0 Å². The van der Waals surface area contributed by atoms with Gasteiger partial charge in [0.05, 0.1) is 17.9 Å². The summed E-state index contributed by atoms with van der Waals surface area (Å²) in [5, 5.41) is 23.4. The molecule has 0 radical (unpaired) electrons. The Labute approximate surface area is 310 Å². The number of hydrogen-bond acceptors (Lipinski definition) is 5. The van der Waals surface area contributed by atoms with Crippen molar-refractivity contribution < 1.29 is 28.0 Å². The van der Waals surface area contributed by atoms with Crippen molar-refractivity contribution in [2.75, 3.05) is 5.75 Å². The number of aliphatic hydroxyl groups is 2. The SMILES string of the molecule is CCCCCCCCCCCCCCCCCCCC/C=C/C(O)C(CS(=O)(=O)O)NC(=O)C(O)CCCCCCCCCCCCCCC. The zero-order valence-electron chi connectivity index (χ0n) is 32.9. The van der Waals surface area contributed by atoms with E-state index in [1.54, 1.807) is 0 Å². The van der Waals surface area contributed by atoms with Crippen molar-refractivity contribution in [2.24, 2.45) is 0 Å². The highest BCUT2D eigenvalue weighted by molar-refractivity contribution is 7.85. The van der Waals surface area contributed by atoms with Crippen LogP contribution in [0.1, 0.15) is 226 Å². The lowest BCUT2D eigenvalue weighted by Gasteiger charge is -2.22. The van der Waals surface area contributed by atoms with Crippen LogP contribution in [0.25, 0.3) is 0 Å². The van der Waals surface area contributed by atoms with Crippen molar-refractivity contribution in [3.8, 4) is 0 Å². The molecule has 0 spiro atoms. The fourth-order valence-corrected chi connectivity index (χ4v) is 7.49. The first-order valence-electron chi connectivity index (χ1n) is 21.5. The van der Waals surface area contributed by atoms with E-state index in [2.05, 4.69) is 19.2 Å². The summed E-state index contributed by atoms with van der Waals surface area (Å²) in [6.45, 7) is 4.51. The Balaban J connectivity index is 3.97. The van der Waals surface area contributed by atoms with Gasteiger partial charge in [-0.15, -0.1) is 0 Å². The molecule has 7 nitrogen and oxygen atoms in total. The number of unbranched alkanes of at least 4 members (excludes halogenated alkanes) is 30. The third-order valence-electron chi connectivity index (χ3n) is 10.1. The van der Waals surface area contributed by atoms with Crippen LogP contribution in [0.15, 0.2) is 12.2 Å². The molecule has 1 amide bonds. The van der Waals surface area contributed by atoms with Crippen molar-refractivity contribution >= 4 is 16.0 Å². The predicted octanol–water partition coefficient (Wildman–Crippen LogP) is 11.6. The second-order valence-electron chi connectivity index (χ2n) is 15.1. The molecule has 0 saturated heterocycles. The van der Waals surface area contributed by atoms with Gasteiger partial charge in [0.1, 0.15) is 6.10 Å². The molecule has 0 fully saturated rings. The molecule has 0 aliphatic rings. The van der Waals surface area contributed by atoms with Gasteiger partial charge in [0, 0.05) is 0 Å². The Morgan fingerprint density at radius 3 is 1.20 bits per heavy atom. The number of rotatable bonds is 39. The number of amides is 1. The van der Waals surface area contributed by atoms with Crippen LogP contribution in [0.2, 0.25) is 0 Å². The third-order valence-corrected chi connectivity index (χ3v) is 10.9. The highest BCUT2D eigenvalue weighted by atomic mass is 32.2. The maximum Gasteiger partial charge on any atom is 0.267 e. The summed E-state index contributed by atoms with van der Waals surface area (Å²) in [5.74, 6) is -1.52. The molecule has 3 unspecified atom stereocenters. The summed E-state index contributed by atoms with van der Waals surface area (Å²) in [4.78, 5) is 12.6. The van der Waals surface area contributed by atoms with Crippen LogP contribution in [0, 0.1) is 0 Å². The van der Waals surface area contributed by atoms with E-state index < -0.39 is 40.0 Å². The minimum atomic E-state index is -4.44. The summed E-state index contributed by atoms with van der Waals surface area (Å²) >= 11 is 0. The number of carbonyl (C=O) groups excluding carboxylic acids is 1. The van der Waals surface area contributed by atoms with E-state index in [1.165, 1.54) is 167 Å². The monoisotopic (exact) mass is 730 g/mol. The van der Waals surface area contributed by atoms with E-state index in [-0.39, 0.29) is 6.42 Å². The fourth-order valence-electron chi connectivity index (χ4n) is 6.75. The summed E-state index contributed by atoms with van der Waals surface area (Å²) in [6.07, 6.45) is 41.3. The van der Waals surface area contributed by atoms with Crippen LogP contribution in [-0.2, 0) is 14.9 Å². The number of allylic oxidation sites excluding steroid dienone is 1. The number of nitrogens with one attached hydrogen (secondary N) is 1. The van der Waals surface area contributed by atoms with Gasteiger partial charge < -0.3 is 15.5 Å². The van der Waals surface area contributed by atoms with Gasteiger partial charge in [-0.25, -0.2) is 0 Å². The maximum absolute atomic E-state index is 12.6. The Morgan fingerprint density at radius 2 is 0.860 bits per heavy atom. The zero-order chi connectivity index (χ0) is 37.0. The molecule has 3 atom stereocenters. The van der Waals surface area contributed by atoms with Gasteiger partial charge in [-0.05, 0) is 19.3 Å². The second kappa shape index (κ2) is 36.4. The summed E-state index contributed by atoms with van der Waals surface area (Å²) in [5.41, 5.74) is 0. The molecular weight excluding hydrogens is 647 g/mol. The third kappa shape index (κ3) is 35.4. The Bertz CT molecular complexity index is 864. The van der Waals surface area contributed by atoms with Crippen LogP contribution < -0.4 is 5.32 Å². The first-order valence-corrected chi connectivity index (χ1v) is 23.1. The summed E-state index contributed by atoms with van der Waals surface area (Å²) in [7, 11) is -4.44. The molecule has 298 valence electrons. The van der Waals surface area contributed by atoms with Gasteiger partial charge in [0.2, 0.25) is 5.91 Å². The van der Waals surface area contributed by atoms with Crippen molar-refractivity contribution in [1.29, 1.82) is 0 Å². The molecule has 0 aromatic carbocycles. The normalized spacial score (nSPS) is 13.9. The molecule has 4 N–H and O–H groups in total. The van der Waals surface area contributed by atoms with Gasteiger partial charge in [0.15, 0.2) is 0 Å². The van der Waals surface area contributed by atoms with Crippen molar-refractivity contribution in [1.82, 2.24) is 5.32 Å². The number of carbonyl (C=O) groups is 1. The molecule has 0 aromatic rings. The van der Waals surface area contributed by atoms with Crippen molar-refractivity contribution in [3.63, 3.8) is 0 Å². The first-order chi connectivity index (χ1) is 24.2. The van der Waals surface area contributed by atoms with Crippen LogP contribution >= 0.6 is 0 Å². The lowest BCUT2D eigenvalue weighted by atomic mass is 10.0. The Kier molecular flexibility index (Phi) is 35.7. The topological polar surface area (TPSA) is 124 Å². The predicted molar refractivity (Wildman–Crippen MR) is 213 cm³/mol. The lowest BCUT2D eigenvalue weighted by molar-refractivity contribution is -0.130. The zero-order valence-corrected chi connectivity index (χ0v) is 33.7. The molecule has 0 aromatic heterocycles. The maximum atomic E-state index is 12.6. The molecule has 0 saturated carbocycles. The largest absolute Gasteiger partial charge is 0.387 e. The van der Waals surface area contributed by atoms with Gasteiger partial charge >= 0.3 is 0 Å². The average Bonchev–Trinajstić information content (AvgIpc) is 3.08. The van der Waals surface area contributed by atoms with E-state index in [4.69, 9.17) is 0 Å². The fraction of sp³-hybridized carbons (Fsp3) is 0.929. The van der Waals surface area contributed by atoms with Gasteiger partial charge in [-0.1, -0.05) is 219 Å². The van der Waals surface area contributed by atoms with E-state index in [0.29, 0.717) is 6.42 Å². The molecule has 8 heteroatoms. The van der Waals surface area contributed by atoms with Crippen LogP contribution in [-0.4, -0.2) is 53.1 Å². The molecule has 0 aliphatic heterocycles. The van der Waals surface area contributed by atoms with Gasteiger partial charge in [-0.2, -0.15) is 8.42 Å². The standard InChI is InChI=1S/C42H83NO6S/c1-3-5-7-9-11-13-15-17-18-19-20-21-22-23-25-26-28-30-32-34-36-40(44)39(38-50(47,48)49)43-42(46)41(45)37-35-33-31-29-27-24-16-14-12-10-8-6-4-2/h34,36,39-41,44-45H,3-33,35,37-38H2,1-2H3,(H,43,46)(H,47,48,49)/b36-34+. The second-order valence-corrected chi connectivity index (χ2v) is 16.6. The molecule has 0 bridgehead atoms. The molecule has 0 rings (SSSR count). The van der Waals surface area contributed by atoms with Crippen molar-refractivity contribution in [2.45, 2.75) is 244 Å². The molecule has 0 aliphatic carbocycles. The van der Waals surface area contributed by atoms with Crippen molar-refractivity contribution in [3.05, 3.63) is 12.2 Å². The Morgan fingerprint density at radius 1 is 0.540 bits per heavy atom. The van der Waals surface area contributed by atoms with Crippen LogP contribution in [0.5, 0.6) is 0 Å². The van der Waals surface area contributed by atoms with Crippen LogP contribution in [0.4, 0.5) is 0 Å². The van der Waals surface area contributed by atoms with E-state index in [1.807, 2.05) is 6.08 Å². The molecule has 0 heterocycles. The minimum Gasteiger partial charge on any atom is -0.387 e. The van der Waals surface area contributed by atoms with Gasteiger partial charge in [-0.3, -0.25) is 9.35 Å². The first kappa shape index (κ1) is 49.0. The molecule has 50 heavy (non-hydrogen) atoms. The highest BCUT2D eigenvalue weighted by Gasteiger charge is 2.27. The number of hydrogen-bond donors (Lipinski definition) is 4. The number of aliphatic hydroxyl groups excluding tert-OH is 2. The summed E-state index contributed by atoms with van der Waals surface area (Å²) < 4.78 is 32.5.